The summed E-state index contributed by atoms with van der Waals surface area (Å²) in [5.41, 5.74) is 7.72. The van der Waals surface area contributed by atoms with Crippen molar-refractivity contribution in [3.8, 4) is 5.75 Å². The highest BCUT2D eigenvalue weighted by atomic mass is 16.5. The van der Waals surface area contributed by atoms with E-state index in [9.17, 15) is 0 Å². The first kappa shape index (κ1) is 14.8. The number of hydrogen-bond donors (Lipinski definition) is 1. The highest BCUT2D eigenvalue weighted by Crippen LogP contribution is 2.24. The van der Waals surface area contributed by atoms with Gasteiger partial charge < -0.3 is 10.5 Å². The third-order valence-electron chi connectivity index (χ3n) is 3.01. The van der Waals surface area contributed by atoms with E-state index in [1.54, 1.807) is 7.11 Å². The molecule has 0 aliphatic carbocycles. The smallest absolute Gasteiger partial charge is 0.125 e. The second-order valence-corrected chi connectivity index (χ2v) is 5.49. The lowest BCUT2D eigenvalue weighted by Gasteiger charge is -2.28. The van der Waals surface area contributed by atoms with Crippen LogP contribution in [0.3, 0.4) is 0 Å². The lowest BCUT2D eigenvalue weighted by Crippen LogP contribution is -2.33. The van der Waals surface area contributed by atoms with E-state index in [0.717, 1.165) is 24.5 Å². The summed E-state index contributed by atoms with van der Waals surface area (Å²) in [5, 5.41) is 0. The summed E-state index contributed by atoms with van der Waals surface area (Å²) in [7, 11) is 1.69. The SMILES string of the molecule is COc1cc(N)ccc1CN(CC(C)C)C(C)C. The molecule has 0 fully saturated rings. The Labute approximate surface area is 111 Å². The molecular formula is C15H26N2O. The number of nitrogens with two attached hydrogens (primary N) is 1. The topological polar surface area (TPSA) is 38.5 Å². The Bertz CT molecular complexity index is 375. The van der Waals surface area contributed by atoms with Gasteiger partial charge in [0, 0.05) is 36.4 Å². The molecule has 0 heterocycles. The van der Waals surface area contributed by atoms with Crippen LogP contribution >= 0.6 is 0 Å². The Hall–Kier alpha value is -1.22. The minimum Gasteiger partial charge on any atom is -0.496 e. The maximum absolute atomic E-state index is 5.78. The number of methoxy groups -OCH3 is 1. The molecule has 0 spiro atoms. The molecule has 18 heavy (non-hydrogen) atoms. The normalized spacial score (nSPS) is 11.6. The predicted octanol–water partition coefficient (Wildman–Crippen LogP) is 3.14. The van der Waals surface area contributed by atoms with E-state index < -0.39 is 0 Å². The third-order valence-corrected chi connectivity index (χ3v) is 3.01. The average molecular weight is 250 g/mol. The lowest BCUT2D eigenvalue weighted by molar-refractivity contribution is 0.187. The van der Waals surface area contributed by atoms with Crippen molar-refractivity contribution < 1.29 is 4.74 Å². The molecule has 0 atom stereocenters. The summed E-state index contributed by atoms with van der Waals surface area (Å²) in [4.78, 5) is 2.46. The number of ether oxygens (including phenoxy) is 1. The van der Waals surface area contributed by atoms with Crippen LogP contribution in [-0.4, -0.2) is 24.6 Å². The van der Waals surface area contributed by atoms with Gasteiger partial charge in [0.05, 0.1) is 7.11 Å². The maximum atomic E-state index is 5.78. The molecule has 0 aliphatic heterocycles. The average Bonchev–Trinajstić information content (AvgIpc) is 2.29. The molecule has 1 aromatic carbocycles. The van der Waals surface area contributed by atoms with Gasteiger partial charge >= 0.3 is 0 Å². The van der Waals surface area contributed by atoms with Gasteiger partial charge in [-0.3, -0.25) is 4.90 Å². The zero-order valence-corrected chi connectivity index (χ0v) is 12.2. The number of benzene rings is 1. The van der Waals surface area contributed by atoms with Crippen molar-refractivity contribution in [3.05, 3.63) is 23.8 Å². The molecule has 0 unspecified atom stereocenters. The second-order valence-electron chi connectivity index (χ2n) is 5.49. The maximum Gasteiger partial charge on any atom is 0.125 e. The lowest BCUT2D eigenvalue weighted by atomic mass is 10.1. The van der Waals surface area contributed by atoms with Crippen LogP contribution in [0.25, 0.3) is 0 Å². The fraction of sp³-hybridized carbons (Fsp3) is 0.600. The monoisotopic (exact) mass is 250 g/mol. The van der Waals surface area contributed by atoms with Crippen molar-refractivity contribution in [2.24, 2.45) is 5.92 Å². The summed E-state index contributed by atoms with van der Waals surface area (Å²) >= 11 is 0. The van der Waals surface area contributed by atoms with Crippen LogP contribution in [0.15, 0.2) is 18.2 Å². The predicted molar refractivity (Wildman–Crippen MR) is 77.8 cm³/mol. The van der Waals surface area contributed by atoms with E-state index in [1.165, 1.54) is 5.56 Å². The summed E-state index contributed by atoms with van der Waals surface area (Å²) in [6.45, 7) is 10.9. The van der Waals surface area contributed by atoms with Gasteiger partial charge in [0.25, 0.3) is 0 Å². The van der Waals surface area contributed by atoms with Crippen LogP contribution in [0, 0.1) is 5.92 Å². The van der Waals surface area contributed by atoms with Gasteiger partial charge in [0.2, 0.25) is 0 Å². The van der Waals surface area contributed by atoms with Crippen molar-refractivity contribution in [2.45, 2.75) is 40.3 Å². The van der Waals surface area contributed by atoms with E-state index in [0.29, 0.717) is 12.0 Å². The third kappa shape index (κ3) is 4.22. The van der Waals surface area contributed by atoms with Crippen molar-refractivity contribution >= 4 is 5.69 Å². The van der Waals surface area contributed by atoms with Gasteiger partial charge in [-0.05, 0) is 25.8 Å². The second kappa shape index (κ2) is 6.64. The first-order valence-electron chi connectivity index (χ1n) is 6.60. The van der Waals surface area contributed by atoms with Gasteiger partial charge in [0.1, 0.15) is 5.75 Å². The Morgan fingerprint density at radius 1 is 1.22 bits per heavy atom. The molecule has 0 bridgehead atoms. The van der Waals surface area contributed by atoms with Crippen LogP contribution in [0.5, 0.6) is 5.75 Å². The van der Waals surface area contributed by atoms with E-state index in [-0.39, 0.29) is 0 Å². The Balaban J connectivity index is 2.86. The first-order chi connectivity index (χ1) is 8.43. The zero-order valence-electron chi connectivity index (χ0n) is 12.2. The fourth-order valence-electron chi connectivity index (χ4n) is 2.04. The van der Waals surface area contributed by atoms with Gasteiger partial charge in [-0.2, -0.15) is 0 Å². The molecule has 1 rings (SSSR count). The van der Waals surface area contributed by atoms with Crippen LogP contribution in [0.1, 0.15) is 33.3 Å². The molecule has 0 saturated heterocycles. The van der Waals surface area contributed by atoms with E-state index in [1.807, 2.05) is 12.1 Å². The zero-order chi connectivity index (χ0) is 13.7. The van der Waals surface area contributed by atoms with E-state index in [2.05, 4.69) is 38.7 Å². The molecule has 0 radical (unpaired) electrons. The highest BCUT2D eigenvalue weighted by molar-refractivity contribution is 5.48. The number of hydrogen-bond acceptors (Lipinski definition) is 3. The molecule has 0 aromatic heterocycles. The minimum absolute atomic E-state index is 0.523. The molecular weight excluding hydrogens is 224 g/mol. The number of nitrogen functional groups attached to an aromatic ring is 1. The highest BCUT2D eigenvalue weighted by Gasteiger charge is 2.14. The number of nitrogens with zero attached hydrogens (tertiary/aromatic N) is 1. The summed E-state index contributed by atoms with van der Waals surface area (Å²) in [5.74, 6) is 1.54. The van der Waals surface area contributed by atoms with E-state index >= 15 is 0 Å². The van der Waals surface area contributed by atoms with Crippen LogP contribution in [0.4, 0.5) is 5.69 Å². The van der Waals surface area contributed by atoms with Gasteiger partial charge in [-0.15, -0.1) is 0 Å². The van der Waals surface area contributed by atoms with Crippen LogP contribution in [-0.2, 0) is 6.54 Å². The number of anilines is 1. The van der Waals surface area contributed by atoms with Crippen molar-refractivity contribution in [1.29, 1.82) is 0 Å². The Morgan fingerprint density at radius 3 is 2.39 bits per heavy atom. The number of rotatable bonds is 6. The molecule has 2 N–H and O–H groups in total. The Morgan fingerprint density at radius 2 is 1.89 bits per heavy atom. The molecule has 0 aliphatic rings. The molecule has 0 amide bonds. The van der Waals surface area contributed by atoms with Crippen molar-refractivity contribution in [1.82, 2.24) is 4.90 Å². The van der Waals surface area contributed by atoms with Crippen LogP contribution < -0.4 is 10.5 Å². The standard InChI is InChI=1S/C15H26N2O/c1-11(2)9-17(12(3)4)10-13-6-7-14(16)8-15(13)18-5/h6-8,11-12H,9-10,16H2,1-5H3. The quantitative estimate of drug-likeness (QED) is 0.788. The summed E-state index contributed by atoms with van der Waals surface area (Å²) in [6.07, 6.45) is 0. The van der Waals surface area contributed by atoms with Crippen molar-refractivity contribution in [2.75, 3.05) is 19.4 Å². The molecule has 1 aromatic rings. The molecule has 3 nitrogen and oxygen atoms in total. The fourth-order valence-corrected chi connectivity index (χ4v) is 2.04. The summed E-state index contributed by atoms with van der Waals surface area (Å²) < 4.78 is 5.41. The van der Waals surface area contributed by atoms with Crippen molar-refractivity contribution in [3.63, 3.8) is 0 Å². The first-order valence-corrected chi connectivity index (χ1v) is 6.60. The van der Waals surface area contributed by atoms with Gasteiger partial charge in [-0.1, -0.05) is 19.9 Å². The Kier molecular flexibility index (Phi) is 5.48. The molecule has 3 heteroatoms. The minimum atomic E-state index is 0.523. The molecule has 0 saturated carbocycles. The van der Waals surface area contributed by atoms with Gasteiger partial charge in [-0.25, -0.2) is 0 Å². The van der Waals surface area contributed by atoms with Crippen LogP contribution in [0.2, 0.25) is 0 Å². The summed E-state index contributed by atoms with van der Waals surface area (Å²) in [6, 6.07) is 6.41. The largest absolute Gasteiger partial charge is 0.496 e. The molecule has 102 valence electrons. The van der Waals surface area contributed by atoms with E-state index in [4.69, 9.17) is 10.5 Å². The van der Waals surface area contributed by atoms with Gasteiger partial charge in [0.15, 0.2) is 0 Å².